The van der Waals surface area contributed by atoms with Crippen LogP contribution in [0.25, 0.3) is 0 Å². The van der Waals surface area contributed by atoms with Crippen molar-refractivity contribution in [1.82, 2.24) is 0 Å². The molecule has 0 bridgehead atoms. The summed E-state index contributed by atoms with van der Waals surface area (Å²) in [5, 5.41) is 0. The van der Waals surface area contributed by atoms with E-state index in [0.717, 1.165) is 11.8 Å². The lowest BCUT2D eigenvalue weighted by atomic mass is 9.69. The molecule has 1 nitrogen and oxygen atoms in total. The van der Waals surface area contributed by atoms with E-state index in [1.165, 1.54) is 32.1 Å². The van der Waals surface area contributed by atoms with Crippen LogP contribution in [0.2, 0.25) is 0 Å². The van der Waals surface area contributed by atoms with Crippen molar-refractivity contribution in [2.45, 2.75) is 72.3 Å². The Bertz CT molecular complexity index is 204. The van der Waals surface area contributed by atoms with Crippen molar-refractivity contribution in [3.8, 4) is 0 Å². The molecule has 0 atom stereocenters. The number of ether oxygens (including phenoxy) is 1. The molecule has 0 aromatic carbocycles. The van der Waals surface area contributed by atoms with Gasteiger partial charge < -0.3 is 4.74 Å². The molecule has 0 unspecified atom stereocenters. The van der Waals surface area contributed by atoms with Crippen molar-refractivity contribution in [3.05, 3.63) is 0 Å². The van der Waals surface area contributed by atoms with Gasteiger partial charge in [0.25, 0.3) is 0 Å². The van der Waals surface area contributed by atoms with Crippen LogP contribution in [-0.4, -0.2) is 12.7 Å². The van der Waals surface area contributed by atoms with Crippen LogP contribution < -0.4 is 0 Å². The fourth-order valence-corrected chi connectivity index (χ4v) is 3.25. The van der Waals surface area contributed by atoms with E-state index in [0.29, 0.717) is 5.41 Å². The highest BCUT2D eigenvalue weighted by molar-refractivity contribution is 4.90. The third kappa shape index (κ3) is 3.76. The number of hydrogen-bond donors (Lipinski definition) is 0. The van der Waals surface area contributed by atoms with Crippen LogP contribution in [0.3, 0.4) is 0 Å². The average Bonchev–Trinajstić information content (AvgIpc) is 2.16. The molecule has 0 aliphatic heterocycles. The summed E-state index contributed by atoms with van der Waals surface area (Å²) in [6.45, 7) is 11.7. The van der Waals surface area contributed by atoms with Gasteiger partial charge >= 0.3 is 0 Å². The van der Waals surface area contributed by atoms with E-state index in [4.69, 9.17) is 4.74 Å². The molecule has 0 N–H and O–H groups in total. The molecule has 0 aromatic rings. The lowest BCUT2D eigenvalue weighted by Gasteiger charge is -2.43. The molecule has 0 spiro atoms. The molecule has 1 aliphatic rings. The molecule has 1 fully saturated rings. The summed E-state index contributed by atoms with van der Waals surface area (Å²) in [5.41, 5.74) is 0.546. The minimum Gasteiger partial charge on any atom is -0.378 e. The number of hydrogen-bond acceptors (Lipinski definition) is 1. The topological polar surface area (TPSA) is 9.23 Å². The van der Waals surface area contributed by atoms with Gasteiger partial charge in [0.05, 0.1) is 5.60 Å². The molecule has 1 saturated carbocycles. The second-order valence-electron chi connectivity index (χ2n) is 7.21. The van der Waals surface area contributed by atoms with Crippen molar-refractivity contribution in [1.29, 1.82) is 0 Å². The van der Waals surface area contributed by atoms with E-state index in [1.807, 2.05) is 7.11 Å². The maximum absolute atomic E-state index is 5.88. The Morgan fingerprint density at radius 1 is 1.19 bits per heavy atom. The standard InChI is InChI=1S/C15H30O/c1-12(2)13-7-9-15(16-6,10-8-13)11-14(3,4)5/h12-13H,7-11H2,1-6H3. The van der Waals surface area contributed by atoms with Gasteiger partial charge in [-0.05, 0) is 49.4 Å². The molecule has 0 radical (unpaired) electrons. The SMILES string of the molecule is COC1(CC(C)(C)C)CCC(C(C)C)CC1. The highest BCUT2D eigenvalue weighted by atomic mass is 16.5. The maximum atomic E-state index is 5.88. The molecule has 0 aromatic heterocycles. The second-order valence-corrected chi connectivity index (χ2v) is 7.21. The van der Waals surface area contributed by atoms with Gasteiger partial charge in [0.2, 0.25) is 0 Å². The monoisotopic (exact) mass is 226 g/mol. The summed E-state index contributed by atoms with van der Waals surface area (Å²) in [6, 6.07) is 0. The van der Waals surface area contributed by atoms with Crippen LogP contribution >= 0.6 is 0 Å². The van der Waals surface area contributed by atoms with Gasteiger partial charge in [0.15, 0.2) is 0 Å². The van der Waals surface area contributed by atoms with E-state index in [-0.39, 0.29) is 5.60 Å². The Morgan fingerprint density at radius 3 is 2.00 bits per heavy atom. The second kappa shape index (κ2) is 5.08. The van der Waals surface area contributed by atoms with E-state index in [2.05, 4.69) is 34.6 Å². The third-order valence-electron chi connectivity index (χ3n) is 4.17. The summed E-state index contributed by atoms with van der Waals surface area (Å²) in [7, 11) is 1.90. The first-order chi connectivity index (χ1) is 7.28. The molecule has 0 saturated heterocycles. The Balaban J connectivity index is 2.58. The van der Waals surface area contributed by atoms with Gasteiger partial charge in [-0.25, -0.2) is 0 Å². The fourth-order valence-electron chi connectivity index (χ4n) is 3.25. The molecular formula is C15H30O. The van der Waals surface area contributed by atoms with Gasteiger partial charge in [-0.1, -0.05) is 34.6 Å². The molecule has 1 heteroatoms. The molecule has 0 heterocycles. The van der Waals surface area contributed by atoms with Crippen molar-refractivity contribution in [2.75, 3.05) is 7.11 Å². The number of methoxy groups -OCH3 is 1. The van der Waals surface area contributed by atoms with E-state index >= 15 is 0 Å². The zero-order valence-corrected chi connectivity index (χ0v) is 12.1. The van der Waals surface area contributed by atoms with Crippen LogP contribution in [-0.2, 0) is 4.74 Å². The first kappa shape index (κ1) is 14.0. The van der Waals surface area contributed by atoms with Gasteiger partial charge in [-0.2, -0.15) is 0 Å². The predicted molar refractivity (Wildman–Crippen MR) is 70.6 cm³/mol. The lowest BCUT2D eigenvalue weighted by molar-refractivity contribution is -0.0774. The maximum Gasteiger partial charge on any atom is 0.0684 e. The van der Waals surface area contributed by atoms with E-state index < -0.39 is 0 Å². The smallest absolute Gasteiger partial charge is 0.0684 e. The predicted octanol–water partition coefficient (Wildman–Crippen LogP) is 4.65. The van der Waals surface area contributed by atoms with E-state index in [9.17, 15) is 0 Å². The molecule has 1 aliphatic carbocycles. The van der Waals surface area contributed by atoms with Crippen molar-refractivity contribution in [2.24, 2.45) is 17.3 Å². The van der Waals surface area contributed by atoms with Gasteiger partial charge in [-0.15, -0.1) is 0 Å². The van der Waals surface area contributed by atoms with Gasteiger partial charge in [0.1, 0.15) is 0 Å². The third-order valence-corrected chi connectivity index (χ3v) is 4.17. The summed E-state index contributed by atoms with van der Waals surface area (Å²) >= 11 is 0. The number of rotatable bonds is 3. The van der Waals surface area contributed by atoms with Gasteiger partial charge in [0, 0.05) is 7.11 Å². The average molecular weight is 226 g/mol. The van der Waals surface area contributed by atoms with Crippen LogP contribution in [0.4, 0.5) is 0 Å². The van der Waals surface area contributed by atoms with Crippen LogP contribution in [0.15, 0.2) is 0 Å². The summed E-state index contributed by atoms with van der Waals surface area (Å²) < 4.78 is 5.88. The Hall–Kier alpha value is -0.0400. The first-order valence-corrected chi connectivity index (χ1v) is 6.83. The van der Waals surface area contributed by atoms with Crippen LogP contribution in [0.1, 0.15) is 66.7 Å². The zero-order valence-electron chi connectivity index (χ0n) is 12.1. The Labute approximate surface area is 102 Å². The van der Waals surface area contributed by atoms with Crippen molar-refractivity contribution >= 4 is 0 Å². The van der Waals surface area contributed by atoms with Crippen molar-refractivity contribution in [3.63, 3.8) is 0 Å². The van der Waals surface area contributed by atoms with E-state index in [1.54, 1.807) is 0 Å². The molecule has 1 rings (SSSR count). The van der Waals surface area contributed by atoms with Crippen LogP contribution in [0, 0.1) is 17.3 Å². The highest BCUT2D eigenvalue weighted by Gasteiger charge is 2.38. The largest absolute Gasteiger partial charge is 0.378 e. The molecule has 96 valence electrons. The Kier molecular flexibility index (Phi) is 4.45. The molecular weight excluding hydrogens is 196 g/mol. The summed E-state index contributed by atoms with van der Waals surface area (Å²) in [4.78, 5) is 0. The minimum atomic E-state index is 0.170. The summed E-state index contributed by atoms with van der Waals surface area (Å²) in [6.07, 6.45) is 6.40. The van der Waals surface area contributed by atoms with Crippen LogP contribution in [0.5, 0.6) is 0 Å². The quantitative estimate of drug-likeness (QED) is 0.680. The van der Waals surface area contributed by atoms with Gasteiger partial charge in [-0.3, -0.25) is 0 Å². The van der Waals surface area contributed by atoms with Crippen molar-refractivity contribution < 1.29 is 4.74 Å². The molecule has 16 heavy (non-hydrogen) atoms. The Morgan fingerprint density at radius 2 is 1.69 bits per heavy atom. The highest BCUT2D eigenvalue weighted by Crippen LogP contribution is 2.43. The lowest BCUT2D eigenvalue weighted by Crippen LogP contribution is -2.40. The minimum absolute atomic E-state index is 0.170. The normalized spacial score (nSPS) is 32.1. The summed E-state index contributed by atoms with van der Waals surface area (Å²) in [5.74, 6) is 1.76. The zero-order chi connectivity index (χ0) is 12.4. The molecule has 0 amide bonds. The first-order valence-electron chi connectivity index (χ1n) is 6.83. The fraction of sp³-hybridized carbons (Fsp3) is 1.00.